The minimum Gasteiger partial charge on any atom is -0.493 e. The minimum atomic E-state index is -0.0783. The van der Waals surface area contributed by atoms with Gasteiger partial charge in [0.05, 0.1) is 14.2 Å². The predicted molar refractivity (Wildman–Crippen MR) is 131 cm³/mol. The number of nitrogens with zero attached hydrogens (tertiary/aromatic N) is 3. The number of likely N-dealkylation sites (tertiary alicyclic amines) is 1. The number of ether oxygens (including phenoxy) is 4. The second-order valence-electron chi connectivity index (χ2n) is 7.69. The quantitative estimate of drug-likeness (QED) is 0.505. The van der Waals surface area contributed by atoms with Gasteiger partial charge in [0.2, 0.25) is 0 Å². The third-order valence-corrected chi connectivity index (χ3v) is 5.46. The molecule has 0 N–H and O–H groups in total. The Hall–Kier alpha value is -4.27. The molecule has 35 heavy (non-hydrogen) atoms. The maximum absolute atomic E-state index is 13.4. The fourth-order valence-electron chi connectivity index (χ4n) is 3.74. The first kappa shape index (κ1) is 25.4. The Labute approximate surface area is 205 Å². The summed E-state index contributed by atoms with van der Waals surface area (Å²) >= 11 is 0. The third kappa shape index (κ3) is 6.41. The van der Waals surface area contributed by atoms with E-state index in [1.54, 1.807) is 24.3 Å². The molecule has 2 aromatic rings. The van der Waals surface area contributed by atoms with Gasteiger partial charge >= 0.3 is 0 Å². The summed E-state index contributed by atoms with van der Waals surface area (Å²) in [5.41, 5.74) is 2.93. The van der Waals surface area contributed by atoms with Crippen LogP contribution in [-0.4, -0.2) is 57.8 Å². The molecule has 0 radical (unpaired) electrons. The summed E-state index contributed by atoms with van der Waals surface area (Å²) in [4.78, 5) is 15.6. The largest absolute Gasteiger partial charge is 0.493 e. The van der Waals surface area contributed by atoms with E-state index >= 15 is 0 Å². The van der Waals surface area contributed by atoms with Crippen LogP contribution >= 0.6 is 0 Å². The summed E-state index contributed by atoms with van der Waals surface area (Å²) in [7, 11) is 3.06. The normalized spacial score (nSPS) is 16.0. The van der Waals surface area contributed by atoms with Gasteiger partial charge in [-0.25, -0.2) is 0 Å². The summed E-state index contributed by atoms with van der Waals surface area (Å²) in [5.74, 6) is 1.90. The molecule has 0 aromatic heterocycles. The molecule has 1 saturated heterocycles. The van der Waals surface area contributed by atoms with Crippen molar-refractivity contribution in [3.05, 3.63) is 58.7 Å². The van der Waals surface area contributed by atoms with Crippen molar-refractivity contribution >= 4 is 17.9 Å². The van der Waals surface area contributed by atoms with E-state index in [0.29, 0.717) is 47.2 Å². The van der Waals surface area contributed by atoms with Crippen molar-refractivity contribution < 1.29 is 23.7 Å². The first-order valence-electron chi connectivity index (χ1n) is 11.1. The SMILES string of the molecule is CCN1C/C(=C/c2ccc(OCC#N)c(OC)c2)C(=O)/C(=C/c2ccc(OCC#N)c(OC)c2)C1. The Morgan fingerprint density at radius 2 is 1.29 bits per heavy atom. The highest BCUT2D eigenvalue weighted by Crippen LogP contribution is 2.31. The number of carbonyl (C=O) groups is 1. The lowest BCUT2D eigenvalue weighted by molar-refractivity contribution is -0.113. The van der Waals surface area contributed by atoms with Crippen molar-refractivity contribution in [1.29, 1.82) is 10.5 Å². The van der Waals surface area contributed by atoms with Gasteiger partial charge in [-0.2, -0.15) is 10.5 Å². The van der Waals surface area contributed by atoms with Crippen molar-refractivity contribution in [3.63, 3.8) is 0 Å². The molecule has 0 amide bonds. The van der Waals surface area contributed by atoms with Crippen molar-refractivity contribution in [2.75, 3.05) is 47.1 Å². The van der Waals surface area contributed by atoms with Gasteiger partial charge in [-0.1, -0.05) is 19.1 Å². The number of carbonyl (C=O) groups excluding carboxylic acids is 1. The molecule has 0 bridgehead atoms. The molecule has 0 atom stereocenters. The third-order valence-electron chi connectivity index (χ3n) is 5.46. The number of Topliss-reactive ketones (excluding diaryl/α,β-unsaturated/α-hetero) is 1. The molecule has 8 heteroatoms. The molecule has 180 valence electrons. The standard InChI is InChI=1S/C27H27N3O5/c1-4-30-17-21(13-19-5-7-23(34-11-9-28)25(15-19)32-2)27(31)22(18-30)14-20-6-8-24(35-12-10-29)26(16-20)33-3/h5-8,13-16H,4,11-12,17-18H2,1-3H3/b21-13-,22-14+. The van der Waals surface area contributed by atoms with E-state index in [2.05, 4.69) is 11.8 Å². The number of likely N-dealkylation sites (N-methyl/N-ethyl adjacent to an activating group) is 1. The Bertz CT molecular complexity index is 1130. The van der Waals surface area contributed by atoms with E-state index in [4.69, 9.17) is 29.5 Å². The first-order valence-corrected chi connectivity index (χ1v) is 11.1. The highest BCUT2D eigenvalue weighted by atomic mass is 16.5. The van der Waals surface area contributed by atoms with E-state index < -0.39 is 0 Å². The van der Waals surface area contributed by atoms with Crippen LogP contribution in [0.15, 0.2) is 47.5 Å². The number of methoxy groups -OCH3 is 2. The molecule has 0 saturated carbocycles. The van der Waals surface area contributed by atoms with Crippen LogP contribution < -0.4 is 18.9 Å². The fourth-order valence-corrected chi connectivity index (χ4v) is 3.74. The fraction of sp³-hybridized carbons (Fsp3) is 0.296. The predicted octanol–water partition coefficient (Wildman–Crippen LogP) is 3.88. The zero-order valence-electron chi connectivity index (χ0n) is 20.0. The van der Waals surface area contributed by atoms with E-state index in [1.807, 2.05) is 36.4 Å². The summed E-state index contributed by atoms with van der Waals surface area (Å²) in [6.07, 6.45) is 3.71. The summed E-state index contributed by atoms with van der Waals surface area (Å²) in [6, 6.07) is 14.6. The highest BCUT2D eigenvalue weighted by molar-refractivity contribution is 6.14. The highest BCUT2D eigenvalue weighted by Gasteiger charge is 2.25. The van der Waals surface area contributed by atoms with Gasteiger partial charge in [0.1, 0.15) is 12.1 Å². The maximum atomic E-state index is 13.4. The van der Waals surface area contributed by atoms with Crippen LogP contribution in [0.25, 0.3) is 12.2 Å². The number of benzene rings is 2. The topological polar surface area (TPSA) is 105 Å². The van der Waals surface area contributed by atoms with Gasteiger partial charge in [0.25, 0.3) is 0 Å². The number of nitriles is 2. The van der Waals surface area contributed by atoms with Crippen molar-refractivity contribution in [2.45, 2.75) is 6.92 Å². The van der Waals surface area contributed by atoms with Gasteiger partial charge < -0.3 is 18.9 Å². The van der Waals surface area contributed by atoms with Crippen LogP contribution in [-0.2, 0) is 4.79 Å². The van der Waals surface area contributed by atoms with Crippen molar-refractivity contribution in [2.24, 2.45) is 0 Å². The molecule has 2 aromatic carbocycles. The van der Waals surface area contributed by atoms with Crippen LogP contribution in [0.5, 0.6) is 23.0 Å². The molecular formula is C27H27N3O5. The zero-order chi connectivity index (χ0) is 25.2. The van der Waals surface area contributed by atoms with Gasteiger partial charge in [-0.05, 0) is 54.1 Å². The number of ketones is 1. The number of rotatable bonds is 9. The number of hydrogen-bond acceptors (Lipinski definition) is 8. The lowest BCUT2D eigenvalue weighted by Gasteiger charge is -2.28. The van der Waals surface area contributed by atoms with Crippen LogP contribution in [0, 0.1) is 22.7 Å². The lowest BCUT2D eigenvalue weighted by Crippen LogP contribution is -2.37. The monoisotopic (exact) mass is 473 g/mol. The van der Waals surface area contributed by atoms with E-state index in [-0.39, 0.29) is 19.0 Å². The Kier molecular flexibility index (Phi) is 8.89. The summed E-state index contributed by atoms with van der Waals surface area (Å²) in [6.45, 7) is 3.75. The van der Waals surface area contributed by atoms with Crippen LogP contribution in [0.2, 0.25) is 0 Å². The van der Waals surface area contributed by atoms with E-state index in [0.717, 1.165) is 17.7 Å². The van der Waals surface area contributed by atoms with Gasteiger partial charge in [-0.3, -0.25) is 9.69 Å². The molecule has 3 rings (SSSR count). The summed E-state index contributed by atoms with van der Waals surface area (Å²) < 4.78 is 21.5. The number of piperidine rings is 1. The molecule has 1 aliphatic heterocycles. The van der Waals surface area contributed by atoms with Crippen LogP contribution in [0.4, 0.5) is 0 Å². The van der Waals surface area contributed by atoms with Crippen molar-refractivity contribution in [1.82, 2.24) is 4.90 Å². The van der Waals surface area contributed by atoms with Crippen LogP contribution in [0.1, 0.15) is 18.1 Å². The second-order valence-corrected chi connectivity index (χ2v) is 7.69. The molecule has 1 fully saturated rings. The Balaban J connectivity index is 1.92. The molecule has 8 nitrogen and oxygen atoms in total. The average molecular weight is 474 g/mol. The molecule has 0 unspecified atom stereocenters. The van der Waals surface area contributed by atoms with Gasteiger partial charge in [-0.15, -0.1) is 0 Å². The second kappa shape index (κ2) is 12.3. The lowest BCUT2D eigenvalue weighted by atomic mass is 9.94. The maximum Gasteiger partial charge on any atom is 0.187 e. The molecule has 1 aliphatic rings. The minimum absolute atomic E-state index is 0.0257. The molecular weight excluding hydrogens is 446 g/mol. The smallest absolute Gasteiger partial charge is 0.187 e. The van der Waals surface area contributed by atoms with Gasteiger partial charge in [0, 0.05) is 24.2 Å². The Morgan fingerprint density at radius 3 is 1.66 bits per heavy atom. The van der Waals surface area contributed by atoms with Crippen LogP contribution in [0.3, 0.4) is 0 Å². The molecule has 1 heterocycles. The number of hydrogen-bond donors (Lipinski definition) is 0. The van der Waals surface area contributed by atoms with E-state index in [1.165, 1.54) is 14.2 Å². The average Bonchev–Trinajstić information content (AvgIpc) is 2.88. The molecule has 0 spiro atoms. The van der Waals surface area contributed by atoms with E-state index in [9.17, 15) is 4.79 Å². The zero-order valence-corrected chi connectivity index (χ0v) is 20.0. The first-order chi connectivity index (χ1) is 17.0. The molecule has 0 aliphatic carbocycles. The van der Waals surface area contributed by atoms with Gasteiger partial charge in [0.15, 0.2) is 42.0 Å². The Morgan fingerprint density at radius 1 is 0.829 bits per heavy atom. The van der Waals surface area contributed by atoms with Crippen molar-refractivity contribution in [3.8, 4) is 35.1 Å². The summed E-state index contributed by atoms with van der Waals surface area (Å²) in [5, 5.41) is 17.5.